The minimum absolute atomic E-state index is 0.234. The zero-order chi connectivity index (χ0) is 22.2. The lowest BCUT2D eigenvalue weighted by molar-refractivity contribution is 0.119. The summed E-state index contributed by atoms with van der Waals surface area (Å²) in [6, 6.07) is 20.7. The van der Waals surface area contributed by atoms with E-state index < -0.39 is 5.60 Å². The average Bonchev–Trinajstić information content (AvgIpc) is 3.01. The Morgan fingerprint density at radius 2 is 1.55 bits per heavy atom. The van der Waals surface area contributed by atoms with Gasteiger partial charge >= 0.3 is 0 Å². The number of rotatable bonds is 6. The molecule has 0 saturated heterocycles. The molecule has 0 aliphatic heterocycles. The monoisotopic (exact) mass is 416 g/mol. The summed E-state index contributed by atoms with van der Waals surface area (Å²) >= 11 is 0. The van der Waals surface area contributed by atoms with Crippen LogP contribution in [-0.4, -0.2) is 26.9 Å². The smallest absolute Gasteiger partial charge is 0.120 e. The molecule has 3 aromatic carbocycles. The number of ether oxygens (including phenoxy) is 1. The number of benzene rings is 3. The van der Waals surface area contributed by atoms with Gasteiger partial charge in [-0.1, -0.05) is 12.1 Å². The van der Waals surface area contributed by atoms with Gasteiger partial charge in [0.15, 0.2) is 0 Å². The van der Waals surface area contributed by atoms with Crippen LogP contribution in [0.4, 0.5) is 0 Å². The summed E-state index contributed by atoms with van der Waals surface area (Å²) in [7, 11) is 0. The first kappa shape index (κ1) is 20.8. The molecule has 1 aromatic heterocycles. The van der Waals surface area contributed by atoms with Gasteiger partial charge in [-0.05, 0) is 92.1 Å². The number of aromatic hydroxyl groups is 2. The lowest BCUT2D eigenvalue weighted by Gasteiger charge is -2.24. The highest BCUT2D eigenvalue weighted by molar-refractivity contribution is 5.92. The zero-order valence-corrected chi connectivity index (χ0v) is 18.1. The van der Waals surface area contributed by atoms with Gasteiger partial charge in [-0.3, -0.25) is 0 Å². The van der Waals surface area contributed by atoms with Gasteiger partial charge in [-0.15, -0.1) is 0 Å². The van der Waals surface area contributed by atoms with E-state index in [2.05, 4.69) is 23.6 Å². The molecule has 0 unspecified atom stereocenters. The van der Waals surface area contributed by atoms with E-state index in [1.165, 1.54) is 0 Å². The third kappa shape index (κ3) is 4.23. The summed E-state index contributed by atoms with van der Waals surface area (Å²) in [5.74, 6) is 1.27. The summed E-state index contributed by atoms with van der Waals surface area (Å²) in [4.78, 5) is 0. The normalized spacial score (nSPS) is 11.7. The molecule has 0 radical (unpaired) electrons. The van der Waals surface area contributed by atoms with Crippen molar-refractivity contribution < 1.29 is 14.9 Å². The number of nitrogens with zero attached hydrogens (tertiary/aromatic N) is 1. The molecule has 0 spiro atoms. The zero-order valence-electron chi connectivity index (χ0n) is 18.1. The van der Waals surface area contributed by atoms with E-state index in [0.29, 0.717) is 13.1 Å². The predicted octanol–water partition coefficient (Wildman–Crippen LogP) is 5.19. The number of hydrogen-bond acceptors (Lipinski definition) is 4. The molecule has 0 fully saturated rings. The Balaban J connectivity index is 1.76. The first-order valence-corrected chi connectivity index (χ1v) is 10.4. The maximum atomic E-state index is 10.0. The fraction of sp³-hybridized carbons (Fsp3) is 0.231. The topological polar surface area (TPSA) is 80.6 Å². The number of phenolic OH excluding ortho intramolecular Hbond substituents is 2. The van der Waals surface area contributed by atoms with Crippen LogP contribution in [0.1, 0.15) is 25.0 Å². The molecule has 0 aliphatic rings. The second-order valence-corrected chi connectivity index (χ2v) is 8.52. The summed E-state index contributed by atoms with van der Waals surface area (Å²) in [6.45, 7) is 7.09. The van der Waals surface area contributed by atoms with Crippen molar-refractivity contribution >= 4 is 10.9 Å². The van der Waals surface area contributed by atoms with E-state index >= 15 is 0 Å². The van der Waals surface area contributed by atoms with Crippen LogP contribution in [0.5, 0.6) is 17.2 Å². The molecule has 31 heavy (non-hydrogen) atoms. The Morgan fingerprint density at radius 1 is 0.903 bits per heavy atom. The number of fused-ring (bicyclic) bond motifs is 1. The Labute approximate surface area is 182 Å². The van der Waals surface area contributed by atoms with E-state index in [-0.39, 0.29) is 11.5 Å². The molecule has 5 heteroatoms. The Bertz CT molecular complexity index is 1210. The highest BCUT2D eigenvalue weighted by Gasteiger charge is 2.18. The largest absolute Gasteiger partial charge is 0.508 e. The van der Waals surface area contributed by atoms with Crippen molar-refractivity contribution in [3.05, 3.63) is 77.9 Å². The second kappa shape index (κ2) is 8.00. The average molecular weight is 417 g/mol. The summed E-state index contributed by atoms with van der Waals surface area (Å²) in [5, 5.41) is 20.8. The maximum Gasteiger partial charge on any atom is 0.120 e. The van der Waals surface area contributed by atoms with Gasteiger partial charge < -0.3 is 25.3 Å². The number of phenols is 2. The molecule has 160 valence electrons. The number of hydrogen-bond donors (Lipinski definition) is 3. The summed E-state index contributed by atoms with van der Waals surface area (Å²) < 4.78 is 8.21. The minimum atomic E-state index is -0.413. The molecule has 1 heterocycles. The Kier molecular flexibility index (Phi) is 5.38. The lowest BCUT2D eigenvalue weighted by atomic mass is 10.1. The minimum Gasteiger partial charge on any atom is -0.508 e. The van der Waals surface area contributed by atoms with E-state index in [1.54, 1.807) is 24.3 Å². The van der Waals surface area contributed by atoms with Crippen molar-refractivity contribution in [2.24, 2.45) is 5.73 Å². The molecule has 4 aromatic rings. The second-order valence-electron chi connectivity index (χ2n) is 8.52. The van der Waals surface area contributed by atoms with Crippen LogP contribution in [0.25, 0.3) is 22.2 Å². The van der Waals surface area contributed by atoms with Gasteiger partial charge in [0, 0.05) is 24.0 Å². The lowest BCUT2D eigenvalue weighted by Crippen LogP contribution is -2.37. The van der Waals surface area contributed by atoms with Gasteiger partial charge in [0.25, 0.3) is 0 Å². The molecule has 4 rings (SSSR count). The van der Waals surface area contributed by atoms with E-state index in [4.69, 9.17) is 10.5 Å². The predicted molar refractivity (Wildman–Crippen MR) is 125 cm³/mol. The van der Waals surface area contributed by atoms with Crippen molar-refractivity contribution in [1.29, 1.82) is 0 Å². The standard InChI is InChI=1S/C26H28N2O3/c1-17-23-14-21(30)10-13-24(23)28(25(17)19-6-8-20(29)9-7-19)15-18-4-11-22(12-5-18)31-26(2,3)16-27/h4-14,29-30H,15-16,27H2,1-3H3. The van der Waals surface area contributed by atoms with Crippen LogP contribution >= 0.6 is 0 Å². The van der Waals surface area contributed by atoms with E-state index in [0.717, 1.165) is 39.0 Å². The van der Waals surface area contributed by atoms with Crippen molar-refractivity contribution in [2.75, 3.05) is 6.54 Å². The van der Waals surface area contributed by atoms with Crippen LogP contribution in [0.15, 0.2) is 66.7 Å². The summed E-state index contributed by atoms with van der Waals surface area (Å²) in [6.07, 6.45) is 0. The molecule has 0 amide bonds. The van der Waals surface area contributed by atoms with Crippen LogP contribution in [-0.2, 0) is 6.54 Å². The van der Waals surface area contributed by atoms with Gasteiger partial charge in [0.05, 0.1) is 5.69 Å². The van der Waals surface area contributed by atoms with Crippen molar-refractivity contribution in [2.45, 2.75) is 32.9 Å². The molecule has 0 atom stereocenters. The van der Waals surface area contributed by atoms with Gasteiger partial charge in [-0.25, -0.2) is 0 Å². The Morgan fingerprint density at radius 3 is 2.19 bits per heavy atom. The molecule has 0 saturated carbocycles. The fourth-order valence-electron chi connectivity index (χ4n) is 3.87. The maximum absolute atomic E-state index is 10.0. The van der Waals surface area contributed by atoms with Gasteiger partial charge in [0.1, 0.15) is 22.8 Å². The molecule has 0 aliphatic carbocycles. The van der Waals surface area contributed by atoms with Crippen molar-refractivity contribution in [1.82, 2.24) is 4.57 Å². The number of aryl methyl sites for hydroxylation is 1. The van der Waals surface area contributed by atoms with Crippen LogP contribution in [0.2, 0.25) is 0 Å². The summed E-state index contributed by atoms with van der Waals surface area (Å²) in [5.41, 5.74) is 10.7. The molecule has 5 nitrogen and oxygen atoms in total. The third-order valence-electron chi connectivity index (χ3n) is 5.59. The van der Waals surface area contributed by atoms with Gasteiger partial charge in [-0.2, -0.15) is 0 Å². The van der Waals surface area contributed by atoms with Gasteiger partial charge in [0.2, 0.25) is 0 Å². The molecular formula is C26H28N2O3. The number of aromatic nitrogens is 1. The van der Waals surface area contributed by atoms with Crippen LogP contribution in [0.3, 0.4) is 0 Å². The Hall–Kier alpha value is -3.44. The molecule has 0 bridgehead atoms. The third-order valence-corrected chi connectivity index (χ3v) is 5.59. The highest BCUT2D eigenvalue weighted by Crippen LogP contribution is 2.36. The SMILES string of the molecule is Cc1c(-c2ccc(O)cc2)n(Cc2ccc(OC(C)(C)CN)cc2)c2ccc(O)cc12. The van der Waals surface area contributed by atoms with Crippen molar-refractivity contribution in [3.63, 3.8) is 0 Å². The quantitative estimate of drug-likeness (QED) is 0.404. The van der Waals surface area contributed by atoms with E-state index in [9.17, 15) is 10.2 Å². The molecular weight excluding hydrogens is 388 g/mol. The highest BCUT2D eigenvalue weighted by atomic mass is 16.5. The first-order chi connectivity index (χ1) is 14.8. The molecule has 4 N–H and O–H groups in total. The van der Waals surface area contributed by atoms with E-state index in [1.807, 2.05) is 44.2 Å². The first-order valence-electron chi connectivity index (χ1n) is 10.4. The van der Waals surface area contributed by atoms with Crippen LogP contribution in [0, 0.1) is 6.92 Å². The van der Waals surface area contributed by atoms with Crippen molar-refractivity contribution in [3.8, 4) is 28.5 Å². The van der Waals surface area contributed by atoms with Crippen LogP contribution < -0.4 is 10.5 Å². The number of nitrogens with two attached hydrogens (primary N) is 1. The fourth-order valence-corrected chi connectivity index (χ4v) is 3.87.